The van der Waals surface area contributed by atoms with E-state index in [1.54, 1.807) is 0 Å². The van der Waals surface area contributed by atoms with Crippen LogP contribution in [0.2, 0.25) is 0 Å². The van der Waals surface area contributed by atoms with E-state index in [4.69, 9.17) is 9.47 Å². The van der Waals surface area contributed by atoms with Gasteiger partial charge in [0.15, 0.2) is 11.5 Å². The van der Waals surface area contributed by atoms with Crippen molar-refractivity contribution in [1.82, 2.24) is 10.2 Å². The zero-order valence-corrected chi connectivity index (χ0v) is 19.9. The van der Waals surface area contributed by atoms with Crippen molar-refractivity contribution in [3.05, 3.63) is 59.7 Å². The average molecular weight is 427 g/mol. The molecule has 0 saturated carbocycles. The third-order valence-corrected chi connectivity index (χ3v) is 5.39. The Balaban J connectivity index is 1.87. The average Bonchev–Trinajstić information content (AvgIpc) is 2.80. The van der Waals surface area contributed by atoms with E-state index in [0.29, 0.717) is 13.2 Å². The van der Waals surface area contributed by atoms with Crippen LogP contribution in [0.1, 0.15) is 64.0 Å². The summed E-state index contributed by atoms with van der Waals surface area (Å²) in [6, 6.07) is 16.5. The molecule has 0 aliphatic heterocycles. The summed E-state index contributed by atoms with van der Waals surface area (Å²) in [5, 5.41) is 3.61. The maximum absolute atomic E-state index is 6.22. The van der Waals surface area contributed by atoms with Gasteiger partial charge in [-0.15, -0.1) is 0 Å². The van der Waals surface area contributed by atoms with E-state index in [2.05, 4.69) is 48.3 Å². The molecule has 0 atom stereocenters. The lowest BCUT2D eigenvalue weighted by Crippen LogP contribution is -2.29. The Labute approximate surface area is 189 Å². The molecule has 2 rings (SSSR count). The van der Waals surface area contributed by atoms with Gasteiger partial charge in [-0.25, -0.2) is 0 Å². The number of rotatable bonds is 17. The van der Waals surface area contributed by atoms with Crippen LogP contribution in [0.3, 0.4) is 0 Å². The molecule has 4 nitrogen and oxygen atoms in total. The van der Waals surface area contributed by atoms with Crippen molar-refractivity contribution in [3.63, 3.8) is 0 Å². The van der Waals surface area contributed by atoms with Gasteiger partial charge in [-0.05, 0) is 64.0 Å². The Bertz CT molecular complexity index is 698. The smallest absolute Gasteiger partial charge is 0.166 e. The number of unbranched alkanes of at least 4 members (excludes halogenated alkanes) is 2. The summed E-state index contributed by atoms with van der Waals surface area (Å²) in [4.78, 5) is 2.62. The maximum atomic E-state index is 6.22. The van der Waals surface area contributed by atoms with Crippen molar-refractivity contribution in [3.8, 4) is 11.5 Å². The summed E-state index contributed by atoms with van der Waals surface area (Å²) in [6.07, 6.45) is 6.29. The van der Waals surface area contributed by atoms with Crippen LogP contribution in [0.25, 0.3) is 0 Å². The minimum atomic E-state index is 0.543. The summed E-state index contributed by atoms with van der Waals surface area (Å²) in [7, 11) is 0. The number of nitrogens with one attached hydrogen (secondary N) is 1. The highest BCUT2D eigenvalue weighted by Crippen LogP contribution is 2.32. The predicted octanol–water partition coefficient (Wildman–Crippen LogP) is 6.05. The molecule has 2 aromatic rings. The van der Waals surface area contributed by atoms with Crippen LogP contribution in [-0.2, 0) is 13.2 Å². The Morgan fingerprint density at radius 1 is 0.774 bits per heavy atom. The van der Waals surface area contributed by atoms with Gasteiger partial charge in [-0.2, -0.15) is 0 Å². The van der Waals surface area contributed by atoms with Crippen LogP contribution in [-0.4, -0.2) is 37.7 Å². The number of nitrogens with zero attached hydrogens (tertiary/aromatic N) is 1. The van der Waals surface area contributed by atoms with Gasteiger partial charge in [-0.3, -0.25) is 0 Å². The van der Waals surface area contributed by atoms with E-state index >= 15 is 0 Å². The molecule has 0 aliphatic carbocycles. The molecule has 0 saturated heterocycles. The van der Waals surface area contributed by atoms with Crippen LogP contribution >= 0.6 is 0 Å². The van der Waals surface area contributed by atoms with Crippen molar-refractivity contribution >= 4 is 0 Å². The van der Waals surface area contributed by atoms with Crippen molar-refractivity contribution < 1.29 is 9.47 Å². The van der Waals surface area contributed by atoms with E-state index in [1.807, 2.05) is 31.2 Å². The van der Waals surface area contributed by atoms with E-state index in [9.17, 15) is 0 Å². The monoisotopic (exact) mass is 426 g/mol. The van der Waals surface area contributed by atoms with Gasteiger partial charge in [0.25, 0.3) is 0 Å². The molecule has 2 aromatic carbocycles. The molecule has 31 heavy (non-hydrogen) atoms. The molecule has 0 aliphatic rings. The minimum Gasteiger partial charge on any atom is -0.490 e. The highest BCUT2D eigenvalue weighted by Gasteiger charge is 2.11. The number of para-hydroxylation sites is 1. The molecular formula is C27H42N2O2. The standard InChI is InChI=1S/C27H42N2O2/c1-4-7-19-29(20-8-5-2)21-13-18-28-22-25-16-12-17-26(30-6-3)27(25)31-23-24-14-10-9-11-15-24/h9-12,14-17,28H,4-8,13,18-23H2,1-3H3. The SMILES string of the molecule is CCCCN(CCCC)CCCNCc1cccc(OCC)c1OCc1ccccc1. The molecule has 0 amide bonds. The molecule has 0 radical (unpaired) electrons. The summed E-state index contributed by atoms with van der Waals surface area (Å²) in [5.74, 6) is 1.68. The van der Waals surface area contributed by atoms with Gasteiger partial charge in [0.2, 0.25) is 0 Å². The lowest BCUT2D eigenvalue weighted by Gasteiger charge is -2.22. The Morgan fingerprint density at radius 3 is 2.16 bits per heavy atom. The first-order chi connectivity index (χ1) is 15.3. The van der Waals surface area contributed by atoms with Crippen LogP contribution in [0, 0.1) is 0 Å². The van der Waals surface area contributed by atoms with E-state index < -0.39 is 0 Å². The first-order valence-electron chi connectivity index (χ1n) is 12.1. The van der Waals surface area contributed by atoms with Crippen LogP contribution in [0.15, 0.2) is 48.5 Å². The highest BCUT2D eigenvalue weighted by molar-refractivity contribution is 5.46. The van der Waals surface area contributed by atoms with E-state index in [-0.39, 0.29) is 0 Å². The molecule has 4 heteroatoms. The maximum Gasteiger partial charge on any atom is 0.166 e. The predicted molar refractivity (Wildman–Crippen MR) is 131 cm³/mol. The molecule has 172 valence electrons. The van der Waals surface area contributed by atoms with Crippen LogP contribution in [0.5, 0.6) is 11.5 Å². The Hall–Kier alpha value is -2.04. The quantitative estimate of drug-likeness (QED) is 0.312. The summed E-state index contributed by atoms with van der Waals surface area (Å²) in [6.45, 7) is 13.1. The molecule has 1 N–H and O–H groups in total. The first kappa shape index (κ1) is 25.2. The van der Waals surface area contributed by atoms with Crippen molar-refractivity contribution in [2.24, 2.45) is 0 Å². The number of benzene rings is 2. The Kier molecular flexibility index (Phi) is 12.8. The molecule has 0 bridgehead atoms. The second kappa shape index (κ2) is 15.7. The van der Waals surface area contributed by atoms with Crippen molar-refractivity contribution in [2.45, 2.75) is 66.0 Å². The third-order valence-electron chi connectivity index (χ3n) is 5.39. The second-order valence-corrected chi connectivity index (χ2v) is 8.03. The fraction of sp³-hybridized carbons (Fsp3) is 0.556. The molecule has 0 aromatic heterocycles. The van der Waals surface area contributed by atoms with Crippen molar-refractivity contribution in [1.29, 1.82) is 0 Å². The summed E-state index contributed by atoms with van der Waals surface area (Å²) in [5.41, 5.74) is 2.31. The Morgan fingerprint density at radius 2 is 1.48 bits per heavy atom. The molecule has 0 heterocycles. The second-order valence-electron chi connectivity index (χ2n) is 8.03. The van der Waals surface area contributed by atoms with Crippen molar-refractivity contribution in [2.75, 3.05) is 32.8 Å². The highest BCUT2D eigenvalue weighted by atomic mass is 16.5. The number of hydrogen-bond acceptors (Lipinski definition) is 4. The lowest BCUT2D eigenvalue weighted by atomic mass is 10.1. The first-order valence-corrected chi connectivity index (χ1v) is 12.1. The van der Waals surface area contributed by atoms with Gasteiger partial charge < -0.3 is 19.7 Å². The van der Waals surface area contributed by atoms with Gasteiger partial charge in [0.05, 0.1) is 6.61 Å². The molecular weight excluding hydrogens is 384 g/mol. The topological polar surface area (TPSA) is 33.7 Å². The number of ether oxygens (including phenoxy) is 2. The van der Waals surface area contributed by atoms with E-state index in [0.717, 1.165) is 35.7 Å². The molecule has 0 unspecified atom stereocenters. The van der Waals surface area contributed by atoms with Gasteiger partial charge in [0.1, 0.15) is 6.61 Å². The fourth-order valence-corrected chi connectivity index (χ4v) is 3.61. The number of hydrogen-bond donors (Lipinski definition) is 1. The third kappa shape index (κ3) is 9.75. The molecule has 0 spiro atoms. The van der Waals surface area contributed by atoms with Crippen LogP contribution in [0.4, 0.5) is 0 Å². The minimum absolute atomic E-state index is 0.543. The van der Waals surface area contributed by atoms with Gasteiger partial charge in [-0.1, -0.05) is 69.2 Å². The largest absolute Gasteiger partial charge is 0.490 e. The lowest BCUT2D eigenvalue weighted by molar-refractivity contribution is 0.259. The summed E-state index contributed by atoms with van der Waals surface area (Å²) >= 11 is 0. The zero-order chi connectivity index (χ0) is 22.2. The molecule has 0 fully saturated rings. The fourth-order valence-electron chi connectivity index (χ4n) is 3.61. The normalized spacial score (nSPS) is 11.1. The van der Waals surface area contributed by atoms with Gasteiger partial charge in [0, 0.05) is 12.1 Å². The zero-order valence-electron chi connectivity index (χ0n) is 19.9. The summed E-state index contributed by atoms with van der Waals surface area (Å²) < 4.78 is 12.1. The van der Waals surface area contributed by atoms with Gasteiger partial charge >= 0.3 is 0 Å². The van der Waals surface area contributed by atoms with Crippen LogP contribution < -0.4 is 14.8 Å². The van der Waals surface area contributed by atoms with E-state index in [1.165, 1.54) is 51.7 Å².